The molecule has 1 aliphatic rings. The van der Waals surface area contributed by atoms with Crippen LogP contribution >= 0.6 is 0 Å². The Morgan fingerprint density at radius 1 is 0.500 bits per heavy atom. The van der Waals surface area contributed by atoms with Crippen molar-refractivity contribution in [1.29, 1.82) is 0 Å². The molecule has 10 aromatic rings. The Labute approximate surface area is 348 Å². The van der Waals surface area contributed by atoms with Gasteiger partial charge in [-0.25, -0.2) is 15.0 Å². The summed E-state index contributed by atoms with van der Waals surface area (Å²) in [5.74, 6) is -1.26. The largest absolute Gasteiger partial charge is 0.456 e. The van der Waals surface area contributed by atoms with Gasteiger partial charge in [-0.1, -0.05) is 133 Å². The zero-order valence-corrected chi connectivity index (χ0v) is 28.8. The monoisotopic (exact) mass is 737 g/mol. The number of aryl methyl sites for hydroxylation is 1. The molecule has 0 amide bonds. The van der Waals surface area contributed by atoms with Crippen molar-refractivity contribution in [2.75, 3.05) is 0 Å². The highest BCUT2D eigenvalue weighted by atomic mass is 16.3. The number of rotatable bonds is 6. The number of nitrogens with zero attached hydrogens (tertiary/aromatic N) is 3. The number of benzene rings is 7. The second kappa shape index (κ2) is 13.2. The summed E-state index contributed by atoms with van der Waals surface area (Å²) >= 11 is 0. The van der Waals surface area contributed by atoms with Crippen molar-refractivity contribution in [3.63, 3.8) is 0 Å². The van der Waals surface area contributed by atoms with Crippen LogP contribution in [0, 0.1) is 0 Å². The summed E-state index contributed by atoms with van der Waals surface area (Å²) in [5, 5.41) is -0.781. The molecule has 0 spiro atoms. The van der Waals surface area contributed by atoms with Crippen molar-refractivity contribution in [3.8, 4) is 67.5 Å². The molecule has 0 saturated heterocycles. The fourth-order valence-electron chi connectivity index (χ4n) is 6.69. The first-order chi connectivity index (χ1) is 35.2. The molecule has 0 aliphatic heterocycles. The number of allylic oxidation sites excluding steroid dienone is 1. The van der Waals surface area contributed by atoms with Gasteiger partial charge < -0.3 is 8.83 Å². The van der Waals surface area contributed by atoms with Gasteiger partial charge in [-0.2, -0.15) is 0 Å². The van der Waals surface area contributed by atoms with Crippen molar-refractivity contribution in [1.82, 2.24) is 15.0 Å². The Hall–Kier alpha value is -7.37. The predicted molar refractivity (Wildman–Crippen MR) is 227 cm³/mol. The van der Waals surface area contributed by atoms with Crippen LogP contribution in [0.3, 0.4) is 0 Å². The number of aromatic nitrogens is 3. The second-order valence-electron chi connectivity index (χ2n) is 12.7. The minimum absolute atomic E-state index is 0.114. The van der Waals surface area contributed by atoms with Crippen LogP contribution in [0.2, 0.25) is 0 Å². The van der Waals surface area contributed by atoms with E-state index in [1.165, 1.54) is 0 Å². The SMILES string of the molecule is [2H]C1=C([2H])C([2H])C([2H])c2c1oc1c([2H])c([2H])c([2H])c(-c3nc(-c4ccc(-c5cccc(-c6ccccc6)c5)cc4)nc(-c4c([2H])c([2H])c5c(oc6c([2H])c(-c7c([2H])c([2H])c([2H])c([2H])c7[2H])c([2H])c([2H])c65)c4[2H])n3)c21. The Bertz CT molecular complexity index is 4110. The maximum absolute atomic E-state index is 9.59. The highest BCUT2D eigenvalue weighted by Crippen LogP contribution is 2.39. The van der Waals surface area contributed by atoms with E-state index in [-0.39, 0.29) is 44.5 Å². The third-order valence-corrected chi connectivity index (χ3v) is 9.37. The summed E-state index contributed by atoms with van der Waals surface area (Å²) in [4.78, 5) is 14.1. The summed E-state index contributed by atoms with van der Waals surface area (Å²) in [5.41, 5.74) is 0.806. The Balaban J connectivity index is 1.17. The molecule has 7 aromatic carbocycles. The Morgan fingerprint density at radius 3 is 1.95 bits per heavy atom. The van der Waals surface area contributed by atoms with Gasteiger partial charge in [-0.05, 0) is 88.5 Å². The van der Waals surface area contributed by atoms with Gasteiger partial charge in [0.15, 0.2) is 17.5 Å². The van der Waals surface area contributed by atoms with Crippen molar-refractivity contribution in [3.05, 3.63) is 181 Å². The van der Waals surface area contributed by atoms with Crippen molar-refractivity contribution >= 4 is 39.0 Å². The molecule has 2 atom stereocenters. The molecule has 1 aliphatic carbocycles. The lowest BCUT2D eigenvalue weighted by Gasteiger charge is -2.11. The lowest BCUT2D eigenvalue weighted by atomic mass is 9.97. The minimum Gasteiger partial charge on any atom is -0.456 e. The van der Waals surface area contributed by atoms with Gasteiger partial charge in [0.05, 0.1) is 21.9 Å². The highest BCUT2D eigenvalue weighted by Gasteiger charge is 2.22. The van der Waals surface area contributed by atoms with E-state index < -0.39 is 149 Å². The van der Waals surface area contributed by atoms with E-state index in [4.69, 9.17) is 36.6 Å². The lowest BCUT2D eigenvalue weighted by molar-refractivity contribution is 0.595. The maximum Gasteiger partial charge on any atom is 0.164 e. The van der Waals surface area contributed by atoms with Crippen LogP contribution in [0.25, 0.3) is 107 Å². The van der Waals surface area contributed by atoms with Crippen LogP contribution in [0.4, 0.5) is 0 Å². The molecule has 11 rings (SSSR count). The van der Waals surface area contributed by atoms with E-state index in [9.17, 15) is 6.85 Å². The molecular weight excluding hydrogens is 687 g/mol. The number of furan rings is 2. The summed E-state index contributed by atoms with van der Waals surface area (Å²) in [6, 6.07) is 14.0. The summed E-state index contributed by atoms with van der Waals surface area (Å²) < 4.78 is 171. The van der Waals surface area contributed by atoms with E-state index in [0.29, 0.717) is 5.56 Å². The third-order valence-electron chi connectivity index (χ3n) is 9.37. The van der Waals surface area contributed by atoms with Crippen LogP contribution in [-0.4, -0.2) is 15.0 Å². The molecule has 3 heterocycles. The van der Waals surface area contributed by atoms with Gasteiger partial charge in [-0.3, -0.25) is 0 Å². The zero-order chi connectivity index (χ0) is 52.7. The van der Waals surface area contributed by atoms with E-state index in [1.54, 1.807) is 12.1 Å². The second-order valence-corrected chi connectivity index (χ2v) is 12.7. The molecular formula is C51H33N3O2. The third kappa shape index (κ3) is 5.60. The predicted octanol–water partition coefficient (Wildman–Crippen LogP) is 13.5. The number of hydrogen-bond donors (Lipinski definition) is 0. The molecule has 5 heteroatoms. The van der Waals surface area contributed by atoms with Crippen LogP contribution in [0.1, 0.15) is 42.4 Å². The quantitative estimate of drug-likeness (QED) is 0.170. The topological polar surface area (TPSA) is 65.0 Å². The van der Waals surface area contributed by atoms with Gasteiger partial charge in [0.1, 0.15) is 22.5 Å². The fraction of sp³-hybridized carbons (Fsp3) is 0.0392. The molecule has 3 aromatic heterocycles. The molecule has 0 radical (unpaired) electrons. The number of fused-ring (bicyclic) bond motifs is 6. The Kier molecular flexibility index (Phi) is 4.42. The molecule has 5 nitrogen and oxygen atoms in total. The molecule has 56 heavy (non-hydrogen) atoms. The van der Waals surface area contributed by atoms with E-state index in [2.05, 4.69) is 4.98 Å². The molecule has 264 valence electrons. The van der Waals surface area contributed by atoms with Gasteiger partial charge in [-0.15, -0.1) is 0 Å². The average molecular weight is 738 g/mol. The van der Waals surface area contributed by atoms with Crippen molar-refractivity contribution in [2.24, 2.45) is 0 Å². The van der Waals surface area contributed by atoms with E-state index in [1.807, 2.05) is 66.7 Å². The van der Waals surface area contributed by atoms with Crippen LogP contribution in [0.5, 0.6) is 0 Å². The highest BCUT2D eigenvalue weighted by molar-refractivity contribution is 6.07. The first kappa shape index (κ1) is 18.8. The van der Waals surface area contributed by atoms with Gasteiger partial charge >= 0.3 is 0 Å². The normalized spacial score (nSPS) is 19.9. The lowest BCUT2D eigenvalue weighted by Crippen LogP contribution is -2.01. The first-order valence-corrected chi connectivity index (χ1v) is 17.4. The maximum atomic E-state index is 9.59. The van der Waals surface area contributed by atoms with Gasteiger partial charge in [0.2, 0.25) is 0 Å². The van der Waals surface area contributed by atoms with Crippen LogP contribution in [0.15, 0.2) is 178 Å². The van der Waals surface area contributed by atoms with Crippen LogP contribution in [-0.2, 0) is 6.40 Å². The molecule has 0 N–H and O–H groups in total. The van der Waals surface area contributed by atoms with Crippen molar-refractivity contribution in [2.45, 2.75) is 12.8 Å². The Morgan fingerprint density at radius 2 is 1.16 bits per heavy atom. The standard InChI is InChI=1S/C51H33N3O2/c1-3-11-32(12-4-1)36-15-9-16-37(29-36)34-21-23-35(24-22-34)49-52-50(54-51(53-49)43-18-10-20-45-48(43)42-17-7-8-19-44(42)55-45)39-26-28-41-40-27-25-38(33-13-5-2-6-14-33)30-46(40)56-47(41)31-39/h1-6,8-16,18-31H,7,17H2/i2D,5D,6D,7D,8D,10D,13D,14D,17D,18D,19D,20D,25D,26D,27D,28D,30D,31D. The molecule has 0 saturated carbocycles. The average Bonchev–Trinajstić information content (AvgIpc) is 4.04. The van der Waals surface area contributed by atoms with Crippen LogP contribution < -0.4 is 0 Å². The smallest absolute Gasteiger partial charge is 0.164 e. The minimum atomic E-state index is -1.57. The summed E-state index contributed by atoms with van der Waals surface area (Å²) in [6.07, 6.45) is -3.14. The van der Waals surface area contributed by atoms with Crippen molar-refractivity contribution < 1.29 is 33.5 Å². The van der Waals surface area contributed by atoms with Gasteiger partial charge in [0.25, 0.3) is 0 Å². The molecule has 2 unspecified atom stereocenters. The van der Waals surface area contributed by atoms with Gasteiger partial charge in [0, 0.05) is 41.2 Å². The summed E-state index contributed by atoms with van der Waals surface area (Å²) in [7, 11) is 0. The first-order valence-electron chi connectivity index (χ1n) is 26.5. The molecule has 0 bridgehead atoms. The molecule has 0 fully saturated rings. The number of hydrogen-bond acceptors (Lipinski definition) is 5. The summed E-state index contributed by atoms with van der Waals surface area (Å²) in [6.45, 7) is 0. The zero-order valence-electron chi connectivity index (χ0n) is 46.8. The van der Waals surface area contributed by atoms with E-state index >= 15 is 0 Å². The fourth-order valence-corrected chi connectivity index (χ4v) is 6.69. The van der Waals surface area contributed by atoms with E-state index in [0.717, 1.165) is 22.3 Å².